The van der Waals surface area contributed by atoms with E-state index in [-0.39, 0.29) is 29.0 Å². The highest BCUT2D eigenvalue weighted by atomic mass is 16.5. The maximum atomic E-state index is 11.2. The van der Waals surface area contributed by atoms with E-state index >= 15 is 0 Å². The van der Waals surface area contributed by atoms with Gasteiger partial charge in [0.05, 0.1) is 38.4 Å². The molecule has 0 bridgehead atoms. The molecule has 0 aliphatic heterocycles. The number of aliphatic hydroxyl groups excluding tert-OH is 2. The first-order valence-electron chi connectivity index (χ1n) is 5.68. The van der Waals surface area contributed by atoms with Crippen molar-refractivity contribution in [3.8, 4) is 17.6 Å². The number of ether oxygens (including phenoxy) is 2. The van der Waals surface area contributed by atoms with Crippen molar-refractivity contribution in [3.63, 3.8) is 0 Å². The Kier molecular flexibility index (Phi) is 5.32. The lowest BCUT2D eigenvalue weighted by atomic mass is 9.96. The molecule has 0 radical (unpaired) electrons. The van der Waals surface area contributed by atoms with E-state index in [2.05, 4.69) is 0 Å². The minimum atomic E-state index is -1.51. The molecule has 0 saturated carbocycles. The van der Waals surface area contributed by atoms with Crippen molar-refractivity contribution in [1.82, 2.24) is 0 Å². The third-order valence-corrected chi connectivity index (χ3v) is 2.77. The summed E-state index contributed by atoms with van der Waals surface area (Å²) in [6.07, 6.45) is -3.23. The number of carboxylic acids is 1. The quantitative estimate of drug-likeness (QED) is 0.702. The van der Waals surface area contributed by atoms with Gasteiger partial charge in [-0.1, -0.05) is 0 Å². The highest BCUT2D eigenvalue weighted by Crippen LogP contribution is 2.34. The van der Waals surface area contributed by atoms with Crippen LogP contribution in [-0.4, -0.2) is 41.6 Å². The van der Waals surface area contributed by atoms with E-state index in [0.29, 0.717) is 0 Å². The molecule has 0 saturated heterocycles. The Morgan fingerprint density at radius 2 is 1.85 bits per heavy atom. The van der Waals surface area contributed by atoms with Crippen molar-refractivity contribution < 1.29 is 29.6 Å². The molecular weight excluding hydrogens is 266 g/mol. The van der Waals surface area contributed by atoms with Crippen molar-refractivity contribution in [2.75, 3.05) is 14.2 Å². The number of hydrogen-bond donors (Lipinski definition) is 3. The average molecular weight is 281 g/mol. The second kappa shape index (κ2) is 6.75. The van der Waals surface area contributed by atoms with Gasteiger partial charge in [-0.25, -0.2) is 4.79 Å². The van der Waals surface area contributed by atoms with Crippen LogP contribution in [0.1, 0.15) is 28.4 Å². The van der Waals surface area contributed by atoms with E-state index in [1.807, 2.05) is 0 Å². The van der Waals surface area contributed by atoms with Crippen molar-refractivity contribution >= 4 is 5.97 Å². The van der Waals surface area contributed by atoms with Crippen LogP contribution >= 0.6 is 0 Å². The van der Waals surface area contributed by atoms with Crippen molar-refractivity contribution in [2.45, 2.75) is 18.6 Å². The van der Waals surface area contributed by atoms with E-state index in [1.54, 1.807) is 6.07 Å². The number of aromatic carboxylic acids is 1. The van der Waals surface area contributed by atoms with Crippen LogP contribution in [0.25, 0.3) is 0 Å². The summed E-state index contributed by atoms with van der Waals surface area (Å²) in [4.78, 5) is 11.2. The fraction of sp³-hybridized carbons (Fsp3) is 0.385. The van der Waals surface area contributed by atoms with Crippen LogP contribution in [0, 0.1) is 11.3 Å². The topological polar surface area (TPSA) is 120 Å². The molecule has 0 spiro atoms. The number of methoxy groups -OCH3 is 2. The van der Waals surface area contributed by atoms with Gasteiger partial charge in [0.1, 0.15) is 6.10 Å². The molecule has 2 unspecified atom stereocenters. The molecule has 1 aromatic carbocycles. The van der Waals surface area contributed by atoms with Crippen molar-refractivity contribution in [1.29, 1.82) is 5.26 Å². The lowest BCUT2D eigenvalue weighted by Gasteiger charge is -2.19. The summed E-state index contributed by atoms with van der Waals surface area (Å²) in [5.74, 6) is -0.879. The zero-order chi connectivity index (χ0) is 15.3. The Hall–Kier alpha value is -2.30. The molecule has 1 rings (SSSR count). The van der Waals surface area contributed by atoms with E-state index in [4.69, 9.17) is 19.8 Å². The lowest BCUT2D eigenvalue weighted by molar-refractivity contribution is 0.0204. The number of carboxylic acid groups (broad SMARTS) is 1. The highest BCUT2D eigenvalue weighted by molar-refractivity contribution is 5.90. The maximum absolute atomic E-state index is 11.2. The van der Waals surface area contributed by atoms with Gasteiger partial charge in [-0.15, -0.1) is 0 Å². The first-order chi connectivity index (χ1) is 9.46. The SMILES string of the molecule is COc1cc(C(=O)O)c(C(O)C(O)CC#N)cc1OC. The molecule has 20 heavy (non-hydrogen) atoms. The fourth-order valence-corrected chi connectivity index (χ4v) is 1.74. The third-order valence-electron chi connectivity index (χ3n) is 2.77. The molecule has 1 aromatic rings. The largest absolute Gasteiger partial charge is 0.493 e. The molecule has 3 N–H and O–H groups in total. The molecule has 108 valence electrons. The Morgan fingerprint density at radius 3 is 2.30 bits per heavy atom. The second-order valence-corrected chi connectivity index (χ2v) is 3.97. The number of nitrogens with zero attached hydrogens (tertiary/aromatic N) is 1. The van der Waals surface area contributed by atoms with Gasteiger partial charge >= 0.3 is 5.97 Å². The Labute approximate surface area is 115 Å². The summed E-state index contributed by atoms with van der Waals surface area (Å²) in [6, 6.07) is 4.17. The summed E-state index contributed by atoms with van der Waals surface area (Å²) in [5.41, 5.74) is -0.273. The van der Waals surface area contributed by atoms with Gasteiger partial charge in [0.25, 0.3) is 0 Å². The standard InChI is InChI=1S/C13H15NO6/c1-19-10-5-7(12(16)9(15)3-4-14)8(13(17)18)6-11(10)20-2/h5-6,9,12,15-16H,3H2,1-2H3,(H,17,18). The summed E-state index contributed by atoms with van der Waals surface area (Å²) in [6.45, 7) is 0. The zero-order valence-corrected chi connectivity index (χ0v) is 11.0. The fourth-order valence-electron chi connectivity index (χ4n) is 1.74. The van der Waals surface area contributed by atoms with E-state index in [0.717, 1.165) is 0 Å². The van der Waals surface area contributed by atoms with Gasteiger partial charge in [-0.05, 0) is 12.1 Å². The Bertz CT molecular complexity index is 536. The van der Waals surface area contributed by atoms with Crippen LogP contribution in [0.5, 0.6) is 11.5 Å². The molecule has 0 aliphatic carbocycles. The van der Waals surface area contributed by atoms with Crippen molar-refractivity contribution in [3.05, 3.63) is 23.3 Å². The van der Waals surface area contributed by atoms with Gasteiger partial charge in [0, 0.05) is 5.56 Å². The molecule has 0 aliphatic rings. The van der Waals surface area contributed by atoms with Gasteiger partial charge in [0.2, 0.25) is 0 Å². The summed E-state index contributed by atoms with van der Waals surface area (Å²) < 4.78 is 10.0. The second-order valence-electron chi connectivity index (χ2n) is 3.97. The Balaban J connectivity index is 3.36. The van der Waals surface area contributed by atoms with Crippen LogP contribution in [0.2, 0.25) is 0 Å². The van der Waals surface area contributed by atoms with Gasteiger partial charge in [-0.3, -0.25) is 0 Å². The van der Waals surface area contributed by atoms with Crippen LogP contribution in [-0.2, 0) is 0 Å². The van der Waals surface area contributed by atoms with Gasteiger partial charge < -0.3 is 24.8 Å². The number of nitriles is 1. The normalized spacial score (nSPS) is 13.2. The molecule has 0 heterocycles. The highest BCUT2D eigenvalue weighted by Gasteiger charge is 2.26. The summed E-state index contributed by atoms with van der Waals surface area (Å²) >= 11 is 0. The number of rotatable bonds is 6. The van der Waals surface area contributed by atoms with Crippen LogP contribution in [0.4, 0.5) is 0 Å². The molecule has 2 atom stereocenters. The van der Waals surface area contributed by atoms with Crippen LogP contribution in [0.15, 0.2) is 12.1 Å². The third kappa shape index (κ3) is 3.17. The van der Waals surface area contributed by atoms with Crippen LogP contribution < -0.4 is 9.47 Å². The smallest absolute Gasteiger partial charge is 0.336 e. The number of carbonyl (C=O) groups is 1. The first kappa shape index (κ1) is 15.8. The predicted octanol–water partition coefficient (Wildman–Crippen LogP) is 0.710. The lowest BCUT2D eigenvalue weighted by Crippen LogP contribution is -2.20. The number of aliphatic hydroxyl groups is 2. The van der Waals surface area contributed by atoms with Crippen LogP contribution in [0.3, 0.4) is 0 Å². The summed E-state index contributed by atoms with van der Waals surface area (Å²) in [7, 11) is 2.71. The Morgan fingerprint density at radius 1 is 1.30 bits per heavy atom. The predicted molar refractivity (Wildman–Crippen MR) is 67.7 cm³/mol. The van der Waals surface area contributed by atoms with E-state index in [1.165, 1.54) is 26.4 Å². The molecule has 0 amide bonds. The molecule has 7 nitrogen and oxygen atoms in total. The first-order valence-corrected chi connectivity index (χ1v) is 5.68. The minimum absolute atomic E-state index is 0.0436. The van der Waals surface area contributed by atoms with E-state index in [9.17, 15) is 15.0 Å². The minimum Gasteiger partial charge on any atom is -0.493 e. The molecular formula is C13H15NO6. The van der Waals surface area contributed by atoms with Crippen molar-refractivity contribution in [2.24, 2.45) is 0 Å². The maximum Gasteiger partial charge on any atom is 0.336 e. The number of benzene rings is 1. The average Bonchev–Trinajstić information content (AvgIpc) is 2.44. The van der Waals surface area contributed by atoms with E-state index < -0.39 is 18.2 Å². The summed E-state index contributed by atoms with van der Waals surface area (Å²) in [5, 5.41) is 37.3. The molecule has 0 fully saturated rings. The van der Waals surface area contributed by atoms with Gasteiger partial charge in [0.15, 0.2) is 11.5 Å². The molecule has 0 aromatic heterocycles. The number of hydrogen-bond acceptors (Lipinski definition) is 6. The monoisotopic (exact) mass is 281 g/mol. The zero-order valence-electron chi connectivity index (χ0n) is 11.0. The van der Waals surface area contributed by atoms with Gasteiger partial charge in [-0.2, -0.15) is 5.26 Å². The molecule has 7 heteroatoms.